The topological polar surface area (TPSA) is 43.0 Å². The van der Waals surface area contributed by atoms with E-state index in [0.717, 1.165) is 36.2 Å². The third kappa shape index (κ3) is 2.69. The number of rotatable bonds is 5. The SMILES string of the molecule is Cn1nccc1CCNCc1cc2ccccc2o1. The van der Waals surface area contributed by atoms with Crippen LogP contribution >= 0.6 is 0 Å². The molecule has 3 rings (SSSR count). The highest BCUT2D eigenvalue weighted by Crippen LogP contribution is 2.18. The average Bonchev–Trinajstić information content (AvgIpc) is 3.00. The summed E-state index contributed by atoms with van der Waals surface area (Å²) in [5.74, 6) is 0.978. The van der Waals surface area contributed by atoms with Crippen molar-refractivity contribution in [2.45, 2.75) is 13.0 Å². The lowest BCUT2D eigenvalue weighted by atomic mass is 10.2. The predicted molar refractivity (Wildman–Crippen MR) is 74.8 cm³/mol. The molecule has 1 N–H and O–H groups in total. The van der Waals surface area contributed by atoms with Crippen LogP contribution in [0.25, 0.3) is 11.0 Å². The van der Waals surface area contributed by atoms with Crippen molar-refractivity contribution in [2.24, 2.45) is 7.05 Å². The summed E-state index contributed by atoms with van der Waals surface area (Å²) in [6.07, 6.45) is 2.80. The van der Waals surface area contributed by atoms with Gasteiger partial charge in [-0.1, -0.05) is 18.2 Å². The van der Waals surface area contributed by atoms with E-state index >= 15 is 0 Å². The number of aromatic nitrogens is 2. The molecule has 3 aromatic rings. The van der Waals surface area contributed by atoms with Crippen LogP contribution < -0.4 is 5.32 Å². The molecular weight excluding hydrogens is 238 g/mol. The molecular formula is C15H17N3O. The molecule has 0 amide bonds. The van der Waals surface area contributed by atoms with Gasteiger partial charge in [0.1, 0.15) is 11.3 Å². The molecule has 2 heterocycles. The van der Waals surface area contributed by atoms with Crippen LogP contribution in [0.5, 0.6) is 0 Å². The van der Waals surface area contributed by atoms with E-state index in [9.17, 15) is 0 Å². The van der Waals surface area contributed by atoms with Crippen LogP contribution in [-0.4, -0.2) is 16.3 Å². The molecule has 0 aliphatic rings. The molecule has 0 bridgehead atoms. The maximum atomic E-state index is 5.75. The van der Waals surface area contributed by atoms with Gasteiger partial charge >= 0.3 is 0 Å². The van der Waals surface area contributed by atoms with Crippen LogP contribution in [0.3, 0.4) is 0 Å². The van der Waals surface area contributed by atoms with Crippen molar-refractivity contribution in [1.82, 2.24) is 15.1 Å². The summed E-state index contributed by atoms with van der Waals surface area (Å²) in [5, 5.41) is 8.70. The first-order valence-electron chi connectivity index (χ1n) is 6.48. The van der Waals surface area contributed by atoms with Gasteiger partial charge in [-0.3, -0.25) is 4.68 Å². The van der Waals surface area contributed by atoms with Gasteiger partial charge in [-0.05, 0) is 18.2 Å². The van der Waals surface area contributed by atoms with Crippen LogP contribution in [0.1, 0.15) is 11.5 Å². The fourth-order valence-corrected chi connectivity index (χ4v) is 2.20. The molecule has 19 heavy (non-hydrogen) atoms. The van der Waals surface area contributed by atoms with Gasteiger partial charge in [0, 0.05) is 37.3 Å². The van der Waals surface area contributed by atoms with E-state index in [1.807, 2.05) is 42.2 Å². The number of hydrogen-bond donors (Lipinski definition) is 1. The summed E-state index contributed by atoms with van der Waals surface area (Å²) >= 11 is 0. The monoisotopic (exact) mass is 255 g/mol. The van der Waals surface area contributed by atoms with E-state index in [4.69, 9.17) is 4.42 Å². The first-order chi connectivity index (χ1) is 9.33. The minimum Gasteiger partial charge on any atom is -0.460 e. The number of hydrogen-bond acceptors (Lipinski definition) is 3. The summed E-state index contributed by atoms with van der Waals surface area (Å²) in [6, 6.07) is 12.2. The average molecular weight is 255 g/mol. The second-order valence-electron chi connectivity index (χ2n) is 4.62. The zero-order chi connectivity index (χ0) is 13.1. The van der Waals surface area contributed by atoms with Gasteiger partial charge in [0.15, 0.2) is 0 Å². The van der Waals surface area contributed by atoms with Gasteiger partial charge in [-0.2, -0.15) is 5.10 Å². The van der Waals surface area contributed by atoms with Gasteiger partial charge in [0.2, 0.25) is 0 Å². The smallest absolute Gasteiger partial charge is 0.134 e. The first-order valence-corrected chi connectivity index (χ1v) is 6.48. The van der Waals surface area contributed by atoms with Crippen molar-refractivity contribution in [3.8, 4) is 0 Å². The van der Waals surface area contributed by atoms with E-state index in [2.05, 4.69) is 22.5 Å². The van der Waals surface area contributed by atoms with Crippen molar-refractivity contribution >= 4 is 11.0 Å². The quantitative estimate of drug-likeness (QED) is 0.712. The highest BCUT2D eigenvalue weighted by Gasteiger charge is 2.03. The molecule has 0 unspecified atom stereocenters. The molecule has 0 radical (unpaired) electrons. The molecule has 0 spiro atoms. The van der Waals surface area contributed by atoms with Crippen molar-refractivity contribution in [3.05, 3.63) is 54.0 Å². The normalized spacial score (nSPS) is 11.2. The molecule has 0 saturated carbocycles. The van der Waals surface area contributed by atoms with E-state index in [-0.39, 0.29) is 0 Å². The van der Waals surface area contributed by atoms with Gasteiger partial charge in [-0.15, -0.1) is 0 Å². The van der Waals surface area contributed by atoms with Crippen LogP contribution in [0.15, 0.2) is 47.0 Å². The molecule has 1 aromatic carbocycles. The zero-order valence-electron chi connectivity index (χ0n) is 11.0. The molecule has 0 fully saturated rings. The number of furan rings is 1. The maximum Gasteiger partial charge on any atom is 0.134 e. The minimum atomic E-state index is 0.756. The third-order valence-corrected chi connectivity index (χ3v) is 3.26. The predicted octanol–water partition coefficient (Wildman–Crippen LogP) is 2.50. The Hall–Kier alpha value is -2.07. The Kier molecular flexibility index (Phi) is 3.33. The van der Waals surface area contributed by atoms with Gasteiger partial charge in [0.05, 0.1) is 6.54 Å². The Morgan fingerprint density at radius 1 is 1.26 bits per heavy atom. The van der Waals surface area contributed by atoms with Crippen molar-refractivity contribution in [2.75, 3.05) is 6.54 Å². The molecule has 4 nitrogen and oxygen atoms in total. The Morgan fingerprint density at radius 3 is 2.95 bits per heavy atom. The van der Waals surface area contributed by atoms with Gasteiger partial charge in [-0.25, -0.2) is 0 Å². The van der Waals surface area contributed by atoms with Crippen LogP contribution in [-0.2, 0) is 20.0 Å². The molecule has 0 aliphatic carbocycles. The van der Waals surface area contributed by atoms with Crippen molar-refractivity contribution in [3.63, 3.8) is 0 Å². The molecule has 0 aliphatic heterocycles. The first kappa shape index (κ1) is 12.0. The highest BCUT2D eigenvalue weighted by atomic mass is 16.3. The third-order valence-electron chi connectivity index (χ3n) is 3.26. The highest BCUT2D eigenvalue weighted by molar-refractivity contribution is 5.77. The second kappa shape index (κ2) is 5.28. The van der Waals surface area contributed by atoms with Crippen LogP contribution in [0, 0.1) is 0 Å². The Balaban J connectivity index is 1.53. The van der Waals surface area contributed by atoms with E-state index in [1.54, 1.807) is 0 Å². The molecule has 98 valence electrons. The number of aryl methyl sites for hydroxylation is 1. The Bertz CT molecular complexity index is 636. The van der Waals surface area contributed by atoms with Gasteiger partial charge in [0.25, 0.3) is 0 Å². The van der Waals surface area contributed by atoms with Crippen LogP contribution in [0.2, 0.25) is 0 Å². The van der Waals surface area contributed by atoms with E-state index in [1.165, 1.54) is 5.69 Å². The Morgan fingerprint density at radius 2 is 2.16 bits per heavy atom. The summed E-state index contributed by atoms with van der Waals surface area (Å²) in [5.41, 5.74) is 2.18. The van der Waals surface area contributed by atoms with E-state index in [0.29, 0.717) is 0 Å². The number of fused-ring (bicyclic) bond motifs is 1. The van der Waals surface area contributed by atoms with E-state index < -0.39 is 0 Å². The number of benzene rings is 1. The van der Waals surface area contributed by atoms with Gasteiger partial charge < -0.3 is 9.73 Å². The largest absolute Gasteiger partial charge is 0.460 e. The number of nitrogens with zero attached hydrogens (tertiary/aromatic N) is 2. The zero-order valence-corrected chi connectivity index (χ0v) is 11.0. The van der Waals surface area contributed by atoms with Crippen molar-refractivity contribution < 1.29 is 4.42 Å². The lowest BCUT2D eigenvalue weighted by Gasteiger charge is -2.03. The summed E-state index contributed by atoms with van der Waals surface area (Å²) in [6.45, 7) is 1.67. The standard InChI is InChI=1S/C15H17N3O/c1-18-13(7-9-17-18)6-8-16-11-14-10-12-4-2-3-5-15(12)19-14/h2-5,7,9-10,16H,6,8,11H2,1H3. The Labute approximate surface area is 112 Å². The fourth-order valence-electron chi connectivity index (χ4n) is 2.20. The number of nitrogens with one attached hydrogen (secondary N) is 1. The summed E-state index contributed by atoms with van der Waals surface area (Å²) in [4.78, 5) is 0. The molecule has 0 atom stereocenters. The summed E-state index contributed by atoms with van der Waals surface area (Å²) < 4.78 is 7.65. The lowest BCUT2D eigenvalue weighted by Crippen LogP contribution is -2.17. The molecule has 0 saturated heterocycles. The van der Waals surface area contributed by atoms with Crippen molar-refractivity contribution in [1.29, 1.82) is 0 Å². The molecule has 4 heteroatoms. The second-order valence-corrected chi connectivity index (χ2v) is 4.62. The lowest BCUT2D eigenvalue weighted by molar-refractivity contribution is 0.512. The fraction of sp³-hybridized carbons (Fsp3) is 0.267. The van der Waals surface area contributed by atoms with Crippen LogP contribution in [0.4, 0.5) is 0 Å². The minimum absolute atomic E-state index is 0.756. The number of para-hydroxylation sites is 1. The maximum absolute atomic E-state index is 5.75. The molecule has 2 aromatic heterocycles. The summed E-state index contributed by atoms with van der Waals surface area (Å²) in [7, 11) is 1.97.